The van der Waals surface area contributed by atoms with Gasteiger partial charge in [0.15, 0.2) is 0 Å². The number of rotatable bonds is 0. The van der Waals surface area contributed by atoms with Crippen molar-refractivity contribution < 1.29 is 0 Å². The predicted octanol–water partition coefficient (Wildman–Crippen LogP) is 3.01. The molecule has 4 nitrogen and oxygen atoms in total. The summed E-state index contributed by atoms with van der Waals surface area (Å²) in [6.07, 6.45) is 0. The second kappa shape index (κ2) is 6.41. The normalized spacial score (nSPS) is 9.77. The van der Waals surface area contributed by atoms with Gasteiger partial charge in [0.05, 0.1) is 0 Å². The zero-order valence-corrected chi connectivity index (χ0v) is 14.3. The van der Waals surface area contributed by atoms with E-state index in [1.165, 1.54) is 0 Å². The van der Waals surface area contributed by atoms with Crippen molar-refractivity contribution in [2.45, 2.75) is 13.8 Å². The fraction of sp³-hybridized carbons (Fsp3) is 0.0909. The molecule has 0 radical (unpaired) electrons. The highest BCUT2D eigenvalue weighted by atomic mass is 14.3. The van der Waals surface area contributed by atoms with E-state index < -0.39 is 0 Å². The van der Waals surface area contributed by atoms with E-state index in [-0.39, 0.29) is 11.1 Å². The SMILES string of the molecule is Cc1c(C)c(=C(C#N)C#N)c2cc3ccccc3cc2c1=C(C#N)C#N. The van der Waals surface area contributed by atoms with Gasteiger partial charge in [0.2, 0.25) is 0 Å². The molecule has 0 saturated heterocycles. The Bertz CT molecular complexity index is 1240. The number of benzene rings is 3. The van der Waals surface area contributed by atoms with Crippen LogP contribution in [0.5, 0.6) is 0 Å². The van der Waals surface area contributed by atoms with Crippen LogP contribution in [-0.4, -0.2) is 0 Å². The molecule has 0 aromatic heterocycles. The van der Waals surface area contributed by atoms with Crippen LogP contribution >= 0.6 is 0 Å². The van der Waals surface area contributed by atoms with Gasteiger partial charge in [-0.25, -0.2) is 0 Å². The van der Waals surface area contributed by atoms with E-state index in [1.54, 1.807) is 0 Å². The first kappa shape index (κ1) is 16.7. The first-order valence-electron chi connectivity index (χ1n) is 7.88. The molecule has 0 fully saturated rings. The van der Waals surface area contributed by atoms with Crippen LogP contribution in [0.1, 0.15) is 11.1 Å². The molecule has 0 heterocycles. The molecular weight excluding hydrogens is 320 g/mol. The van der Waals surface area contributed by atoms with Crippen LogP contribution < -0.4 is 10.4 Å². The molecule has 3 aromatic carbocycles. The number of fused-ring (bicyclic) bond motifs is 2. The number of nitriles is 4. The zero-order valence-electron chi connectivity index (χ0n) is 14.3. The van der Waals surface area contributed by atoms with Crippen molar-refractivity contribution >= 4 is 32.7 Å². The van der Waals surface area contributed by atoms with Gasteiger partial charge in [0, 0.05) is 10.4 Å². The maximum Gasteiger partial charge on any atom is 0.137 e. The summed E-state index contributed by atoms with van der Waals surface area (Å²) < 4.78 is 0. The maximum atomic E-state index is 9.42. The van der Waals surface area contributed by atoms with Crippen molar-refractivity contribution in [3.05, 3.63) is 58.0 Å². The maximum absolute atomic E-state index is 9.42. The summed E-state index contributed by atoms with van der Waals surface area (Å²) in [5.74, 6) is 0. The summed E-state index contributed by atoms with van der Waals surface area (Å²) in [6.45, 7) is 3.62. The third kappa shape index (κ3) is 2.35. The average Bonchev–Trinajstić information content (AvgIpc) is 2.67. The lowest BCUT2D eigenvalue weighted by molar-refractivity contribution is 1.29. The first-order valence-corrected chi connectivity index (χ1v) is 7.88. The average molecular weight is 332 g/mol. The molecule has 0 bridgehead atoms. The van der Waals surface area contributed by atoms with Gasteiger partial charge in [0.25, 0.3) is 0 Å². The molecule has 0 amide bonds. The van der Waals surface area contributed by atoms with Crippen molar-refractivity contribution in [3.63, 3.8) is 0 Å². The van der Waals surface area contributed by atoms with E-state index in [4.69, 9.17) is 0 Å². The lowest BCUT2D eigenvalue weighted by Crippen LogP contribution is -2.23. The minimum Gasteiger partial charge on any atom is -0.192 e. The molecule has 0 aliphatic carbocycles. The molecule has 0 atom stereocenters. The molecule has 0 saturated carbocycles. The third-order valence-electron chi connectivity index (χ3n) is 4.68. The smallest absolute Gasteiger partial charge is 0.137 e. The Morgan fingerprint density at radius 2 is 1.00 bits per heavy atom. The van der Waals surface area contributed by atoms with Crippen molar-refractivity contribution in [2.75, 3.05) is 0 Å². The highest BCUT2D eigenvalue weighted by Gasteiger charge is 2.13. The van der Waals surface area contributed by atoms with Gasteiger partial charge in [-0.2, -0.15) is 21.0 Å². The van der Waals surface area contributed by atoms with Crippen molar-refractivity contribution in [2.24, 2.45) is 0 Å². The molecule has 0 N–H and O–H groups in total. The number of hydrogen-bond acceptors (Lipinski definition) is 4. The third-order valence-corrected chi connectivity index (χ3v) is 4.68. The Morgan fingerprint density at radius 3 is 1.31 bits per heavy atom. The van der Waals surface area contributed by atoms with E-state index in [0.717, 1.165) is 21.9 Å². The lowest BCUT2D eigenvalue weighted by Gasteiger charge is -2.11. The fourth-order valence-electron chi connectivity index (χ4n) is 3.35. The standard InChI is InChI=1S/C22H12N4/c1-13-14(2)22(18(11-25)12-26)20-8-16-6-4-3-5-15(16)7-19(20)21(13)17(9-23)10-24/h3-8H,1-2H3. The van der Waals surface area contributed by atoms with Crippen molar-refractivity contribution in [3.8, 4) is 24.3 Å². The minimum absolute atomic E-state index is 0.0212. The molecular formula is C22H12N4. The summed E-state index contributed by atoms with van der Waals surface area (Å²) in [5, 5.41) is 42.1. The Kier molecular flexibility index (Phi) is 4.12. The monoisotopic (exact) mass is 332 g/mol. The zero-order chi connectivity index (χ0) is 18.8. The molecule has 26 heavy (non-hydrogen) atoms. The van der Waals surface area contributed by atoms with Crippen LogP contribution in [0.15, 0.2) is 36.4 Å². The second-order valence-corrected chi connectivity index (χ2v) is 5.94. The topological polar surface area (TPSA) is 95.2 Å². The minimum atomic E-state index is 0.0212. The Labute approximate surface area is 150 Å². The highest BCUT2D eigenvalue weighted by molar-refractivity contribution is 6.02. The van der Waals surface area contributed by atoms with E-state index in [9.17, 15) is 21.0 Å². The van der Waals surface area contributed by atoms with Gasteiger partial charge >= 0.3 is 0 Å². The molecule has 3 rings (SSSR count). The molecule has 4 heteroatoms. The van der Waals surface area contributed by atoms with Crippen molar-refractivity contribution in [1.29, 1.82) is 21.0 Å². The summed E-state index contributed by atoms with van der Waals surface area (Å²) in [4.78, 5) is 0. The van der Waals surface area contributed by atoms with Crippen LogP contribution in [0, 0.1) is 59.2 Å². The van der Waals surface area contributed by atoms with Crippen LogP contribution in [0.2, 0.25) is 0 Å². The Morgan fingerprint density at radius 1 is 0.654 bits per heavy atom. The van der Waals surface area contributed by atoms with Gasteiger partial charge in [0.1, 0.15) is 35.4 Å². The van der Waals surface area contributed by atoms with Crippen LogP contribution in [-0.2, 0) is 0 Å². The first-order chi connectivity index (χ1) is 12.6. The number of nitrogens with zero attached hydrogens (tertiary/aromatic N) is 4. The van der Waals surface area contributed by atoms with E-state index in [1.807, 2.05) is 74.5 Å². The lowest BCUT2D eigenvalue weighted by atomic mass is 9.91. The van der Waals surface area contributed by atoms with Gasteiger partial charge in [-0.3, -0.25) is 0 Å². The molecule has 0 unspecified atom stereocenters. The van der Waals surface area contributed by atoms with Crippen LogP contribution in [0.25, 0.3) is 32.7 Å². The quantitative estimate of drug-likeness (QED) is 0.591. The van der Waals surface area contributed by atoms with E-state index in [2.05, 4.69) is 0 Å². The van der Waals surface area contributed by atoms with E-state index >= 15 is 0 Å². The van der Waals surface area contributed by atoms with Crippen LogP contribution in [0.4, 0.5) is 0 Å². The van der Waals surface area contributed by atoms with E-state index in [0.29, 0.717) is 21.2 Å². The second-order valence-electron chi connectivity index (χ2n) is 5.94. The van der Waals surface area contributed by atoms with Gasteiger partial charge in [-0.15, -0.1) is 0 Å². The highest BCUT2D eigenvalue weighted by Crippen LogP contribution is 2.21. The summed E-state index contributed by atoms with van der Waals surface area (Å²) >= 11 is 0. The summed E-state index contributed by atoms with van der Waals surface area (Å²) in [7, 11) is 0. The molecule has 0 aliphatic rings. The molecule has 0 spiro atoms. The summed E-state index contributed by atoms with van der Waals surface area (Å²) in [5.41, 5.74) is 1.49. The largest absolute Gasteiger partial charge is 0.192 e. The van der Waals surface area contributed by atoms with Crippen molar-refractivity contribution in [1.82, 2.24) is 0 Å². The Balaban J connectivity index is 2.88. The van der Waals surface area contributed by atoms with Gasteiger partial charge in [-0.1, -0.05) is 24.3 Å². The molecule has 120 valence electrons. The predicted molar refractivity (Wildman–Crippen MR) is 99.4 cm³/mol. The molecule has 3 aromatic rings. The van der Waals surface area contributed by atoms with Gasteiger partial charge in [-0.05, 0) is 58.7 Å². The Hall–Kier alpha value is -4.12. The fourth-order valence-corrected chi connectivity index (χ4v) is 3.35. The summed E-state index contributed by atoms with van der Waals surface area (Å²) in [6, 6.07) is 19.4. The van der Waals surface area contributed by atoms with Crippen LogP contribution in [0.3, 0.4) is 0 Å². The number of hydrogen-bond donors (Lipinski definition) is 0. The molecule has 0 aliphatic heterocycles. The van der Waals surface area contributed by atoms with Gasteiger partial charge < -0.3 is 0 Å².